The largest absolute Gasteiger partial charge is 0.465 e. The van der Waals surface area contributed by atoms with Gasteiger partial charge in [-0.05, 0) is 20.3 Å². The molecule has 1 heterocycles. The minimum absolute atomic E-state index is 0.0688. The number of hydrogen-bond acceptors (Lipinski definition) is 5. The van der Waals surface area contributed by atoms with Gasteiger partial charge in [0, 0.05) is 12.1 Å². The SMILES string of the molecule is CCCN(CC(=O)OCC)C(=O)c1oncc1C. The zero-order valence-corrected chi connectivity index (χ0v) is 10.9. The molecule has 0 unspecified atom stereocenters. The molecule has 0 saturated carbocycles. The Morgan fingerprint density at radius 1 is 1.44 bits per heavy atom. The number of nitrogens with zero attached hydrogens (tertiary/aromatic N) is 2. The van der Waals surface area contributed by atoms with Gasteiger partial charge in [0.25, 0.3) is 5.91 Å². The van der Waals surface area contributed by atoms with Crippen LogP contribution in [0.1, 0.15) is 36.4 Å². The van der Waals surface area contributed by atoms with Crippen LogP contribution in [0.2, 0.25) is 0 Å². The maximum atomic E-state index is 12.1. The van der Waals surface area contributed by atoms with E-state index in [4.69, 9.17) is 9.26 Å². The summed E-state index contributed by atoms with van der Waals surface area (Å²) in [7, 11) is 0. The summed E-state index contributed by atoms with van der Waals surface area (Å²) < 4.78 is 9.74. The van der Waals surface area contributed by atoms with E-state index in [1.165, 1.54) is 11.1 Å². The molecule has 6 heteroatoms. The van der Waals surface area contributed by atoms with Gasteiger partial charge < -0.3 is 14.2 Å². The summed E-state index contributed by atoms with van der Waals surface area (Å²) in [5, 5.41) is 3.56. The smallest absolute Gasteiger partial charge is 0.325 e. The molecular formula is C12H18N2O4. The van der Waals surface area contributed by atoms with Crippen LogP contribution in [0.25, 0.3) is 0 Å². The maximum Gasteiger partial charge on any atom is 0.325 e. The number of carbonyl (C=O) groups is 2. The molecule has 0 spiro atoms. The van der Waals surface area contributed by atoms with Gasteiger partial charge in [-0.25, -0.2) is 0 Å². The highest BCUT2D eigenvalue weighted by atomic mass is 16.5. The third-order valence-electron chi connectivity index (χ3n) is 2.35. The number of aromatic nitrogens is 1. The van der Waals surface area contributed by atoms with Gasteiger partial charge in [-0.3, -0.25) is 9.59 Å². The Morgan fingerprint density at radius 3 is 2.67 bits per heavy atom. The van der Waals surface area contributed by atoms with E-state index in [2.05, 4.69) is 5.16 Å². The first-order valence-corrected chi connectivity index (χ1v) is 5.96. The summed E-state index contributed by atoms with van der Waals surface area (Å²) in [6, 6.07) is 0. The molecule has 6 nitrogen and oxygen atoms in total. The Bertz CT molecular complexity index is 414. The van der Waals surface area contributed by atoms with Crippen molar-refractivity contribution < 1.29 is 18.8 Å². The lowest BCUT2D eigenvalue weighted by molar-refractivity contribution is -0.143. The molecule has 1 aromatic rings. The van der Waals surface area contributed by atoms with Crippen LogP contribution in [0.5, 0.6) is 0 Å². The summed E-state index contributed by atoms with van der Waals surface area (Å²) in [4.78, 5) is 25.0. The molecule has 100 valence electrons. The van der Waals surface area contributed by atoms with Crippen LogP contribution in [0, 0.1) is 6.92 Å². The minimum Gasteiger partial charge on any atom is -0.465 e. The molecule has 0 aliphatic carbocycles. The lowest BCUT2D eigenvalue weighted by Gasteiger charge is -2.19. The van der Waals surface area contributed by atoms with Crippen molar-refractivity contribution in [2.75, 3.05) is 19.7 Å². The van der Waals surface area contributed by atoms with Crippen LogP contribution >= 0.6 is 0 Å². The average molecular weight is 254 g/mol. The van der Waals surface area contributed by atoms with Crippen LogP contribution < -0.4 is 0 Å². The maximum absolute atomic E-state index is 12.1. The van der Waals surface area contributed by atoms with E-state index in [0.717, 1.165) is 6.42 Å². The molecular weight excluding hydrogens is 236 g/mol. The number of rotatable bonds is 6. The van der Waals surface area contributed by atoms with Crippen LogP contribution in [-0.4, -0.2) is 41.6 Å². The summed E-state index contributed by atoms with van der Waals surface area (Å²) >= 11 is 0. The Kier molecular flexibility index (Phi) is 5.35. The first-order valence-electron chi connectivity index (χ1n) is 5.96. The molecule has 1 rings (SSSR count). The van der Waals surface area contributed by atoms with Gasteiger partial charge in [0.05, 0.1) is 12.8 Å². The Hall–Kier alpha value is -1.85. The third kappa shape index (κ3) is 3.58. The standard InChI is InChI=1S/C12H18N2O4/c1-4-6-14(8-10(15)17-5-2)12(16)11-9(3)7-13-18-11/h7H,4-6,8H2,1-3H3. The molecule has 1 aromatic heterocycles. The lowest BCUT2D eigenvalue weighted by atomic mass is 10.2. The minimum atomic E-state index is -0.420. The van der Waals surface area contributed by atoms with E-state index >= 15 is 0 Å². The summed E-state index contributed by atoms with van der Waals surface area (Å²) in [6.45, 7) is 6.09. The lowest BCUT2D eigenvalue weighted by Crippen LogP contribution is -2.37. The van der Waals surface area contributed by atoms with Crippen molar-refractivity contribution in [3.05, 3.63) is 17.5 Å². The van der Waals surface area contributed by atoms with E-state index in [-0.39, 0.29) is 18.2 Å². The molecule has 0 fully saturated rings. The molecule has 0 radical (unpaired) electrons. The fourth-order valence-electron chi connectivity index (χ4n) is 1.52. The van der Waals surface area contributed by atoms with Gasteiger partial charge in [0.2, 0.25) is 5.76 Å². The van der Waals surface area contributed by atoms with Crippen molar-refractivity contribution in [1.29, 1.82) is 0 Å². The van der Waals surface area contributed by atoms with Gasteiger partial charge in [-0.2, -0.15) is 0 Å². The molecule has 1 amide bonds. The average Bonchev–Trinajstić information content (AvgIpc) is 2.74. The molecule has 0 aliphatic rings. The van der Waals surface area contributed by atoms with Gasteiger partial charge in [0.15, 0.2) is 0 Å². The van der Waals surface area contributed by atoms with Crippen molar-refractivity contribution in [1.82, 2.24) is 10.1 Å². The number of hydrogen-bond donors (Lipinski definition) is 0. The molecule has 0 atom stereocenters. The van der Waals surface area contributed by atoms with Crippen LogP contribution in [0.15, 0.2) is 10.7 Å². The zero-order chi connectivity index (χ0) is 13.5. The van der Waals surface area contributed by atoms with E-state index in [9.17, 15) is 9.59 Å². The van der Waals surface area contributed by atoms with Crippen LogP contribution in [0.4, 0.5) is 0 Å². The quantitative estimate of drug-likeness (QED) is 0.717. The molecule has 0 aliphatic heterocycles. The van der Waals surface area contributed by atoms with E-state index in [1.807, 2.05) is 6.92 Å². The third-order valence-corrected chi connectivity index (χ3v) is 2.35. The van der Waals surface area contributed by atoms with E-state index in [1.54, 1.807) is 13.8 Å². The van der Waals surface area contributed by atoms with E-state index < -0.39 is 5.97 Å². The second-order valence-corrected chi connectivity index (χ2v) is 3.87. The fraction of sp³-hybridized carbons (Fsp3) is 0.583. The highest BCUT2D eigenvalue weighted by Gasteiger charge is 2.23. The molecule has 18 heavy (non-hydrogen) atoms. The van der Waals surface area contributed by atoms with Gasteiger partial charge in [0.1, 0.15) is 6.54 Å². The molecule has 0 saturated heterocycles. The number of amides is 1. The summed E-state index contributed by atoms with van der Waals surface area (Å²) in [6.07, 6.45) is 2.22. The van der Waals surface area contributed by atoms with Crippen LogP contribution in [0.3, 0.4) is 0 Å². The molecule has 0 aromatic carbocycles. The van der Waals surface area contributed by atoms with Crippen molar-refractivity contribution in [2.45, 2.75) is 27.2 Å². The van der Waals surface area contributed by atoms with Crippen LogP contribution in [-0.2, 0) is 9.53 Å². The Balaban J connectivity index is 2.75. The molecule has 0 bridgehead atoms. The van der Waals surface area contributed by atoms with Gasteiger partial charge in [-0.15, -0.1) is 0 Å². The Morgan fingerprint density at radius 2 is 2.17 bits per heavy atom. The number of esters is 1. The van der Waals surface area contributed by atoms with Crippen molar-refractivity contribution in [3.8, 4) is 0 Å². The highest BCUT2D eigenvalue weighted by molar-refractivity contribution is 5.94. The monoisotopic (exact) mass is 254 g/mol. The first-order chi connectivity index (χ1) is 8.60. The molecule has 0 N–H and O–H groups in total. The predicted molar refractivity (Wildman–Crippen MR) is 64.1 cm³/mol. The second-order valence-electron chi connectivity index (χ2n) is 3.87. The van der Waals surface area contributed by atoms with Crippen molar-refractivity contribution >= 4 is 11.9 Å². The predicted octanol–water partition coefficient (Wildman–Crippen LogP) is 1.40. The van der Waals surface area contributed by atoms with Gasteiger partial charge >= 0.3 is 5.97 Å². The van der Waals surface area contributed by atoms with Gasteiger partial charge in [-0.1, -0.05) is 12.1 Å². The topological polar surface area (TPSA) is 72.6 Å². The fourth-order valence-corrected chi connectivity index (χ4v) is 1.52. The Labute approximate surface area is 106 Å². The summed E-state index contributed by atoms with van der Waals surface area (Å²) in [5.74, 6) is -0.580. The number of aryl methyl sites for hydroxylation is 1. The van der Waals surface area contributed by atoms with E-state index in [0.29, 0.717) is 18.7 Å². The van der Waals surface area contributed by atoms with Crippen molar-refractivity contribution in [3.63, 3.8) is 0 Å². The second kappa shape index (κ2) is 6.78. The van der Waals surface area contributed by atoms with Crippen molar-refractivity contribution in [2.24, 2.45) is 0 Å². The zero-order valence-electron chi connectivity index (χ0n) is 10.9. The highest BCUT2D eigenvalue weighted by Crippen LogP contribution is 2.10. The normalized spacial score (nSPS) is 10.2. The first kappa shape index (κ1) is 14.2. The number of carbonyl (C=O) groups excluding carboxylic acids is 2. The summed E-state index contributed by atoms with van der Waals surface area (Å²) in [5.41, 5.74) is 0.657. The number of ether oxygens (including phenoxy) is 1.